The Morgan fingerprint density at radius 1 is 1.02 bits per heavy atom. The number of aryl methyl sites for hydroxylation is 2. The fourth-order valence-corrected chi connectivity index (χ4v) is 6.01. The summed E-state index contributed by atoms with van der Waals surface area (Å²) >= 11 is 1.25. The number of nitrogens with one attached hydrogen (secondary N) is 1. The molecule has 1 N–H and O–H groups in total. The van der Waals surface area contributed by atoms with E-state index in [-0.39, 0.29) is 12.2 Å². The van der Waals surface area contributed by atoms with Gasteiger partial charge in [-0.2, -0.15) is 5.10 Å². The van der Waals surface area contributed by atoms with Gasteiger partial charge >= 0.3 is 5.97 Å². The number of esters is 1. The second kappa shape index (κ2) is 11.3. The number of rotatable bonds is 8. The molecule has 5 aromatic rings. The van der Waals surface area contributed by atoms with Gasteiger partial charge in [0.15, 0.2) is 0 Å². The summed E-state index contributed by atoms with van der Waals surface area (Å²) in [5, 5.41) is 10.7. The highest BCUT2D eigenvalue weighted by Gasteiger charge is 2.29. The Balaban J connectivity index is 1.62. The first-order valence-electron chi connectivity index (χ1n) is 13.2. The van der Waals surface area contributed by atoms with Gasteiger partial charge in [0.1, 0.15) is 22.3 Å². The predicted molar refractivity (Wildman–Crippen MR) is 158 cm³/mol. The lowest BCUT2D eigenvalue weighted by atomic mass is 10.0. The van der Waals surface area contributed by atoms with Gasteiger partial charge < -0.3 is 10.1 Å². The zero-order chi connectivity index (χ0) is 28.4. The van der Waals surface area contributed by atoms with Gasteiger partial charge in [0, 0.05) is 22.4 Å². The van der Waals surface area contributed by atoms with Crippen molar-refractivity contribution in [1.29, 1.82) is 0 Å². The Hall–Kier alpha value is -4.50. The minimum atomic E-state index is -0.855. The van der Waals surface area contributed by atoms with Crippen LogP contribution in [0.15, 0.2) is 76.9 Å². The summed E-state index contributed by atoms with van der Waals surface area (Å²) in [5.74, 6) is -0.918. The van der Waals surface area contributed by atoms with Crippen LogP contribution in [0.25, 0.3) is 27.8 Å². The SMILES string of the molecule is CCOC(=O)c1c(-c2ccccc2)csc1NC(=O)C(CC)n1c(=O)cc(C)c2c(C)nn(-c3ccccc3)c21. The third-order valence-corrected chi connectivity index (χ3v) is 7.73. The van der Waals surface area contributed by atoms with E-state index < -0.39 is 17.9 Å². The quantitative estimate of drug-likeness (QED) is 0.227. The van der Waals surface area contributed by atoms with Crippen molar-refractivity contribution in [2.75, 3.05) is 11.9 Å². The van der Waals surface area contributed by atoms with E-state index in [9.17, 15) is 14.4 Å². The highest BCUT2D eigenvalue weighted by molar-refractivity contribution is 7.15. The van der Waals surface area contributed by atoms with Crippen LogP contribution in [-0.2, 0) is 9.53 Å². The standard InChI is InChI=1S/C31H30N4O4S/c1-5-24(28(37)32-29-27(31(38)39-6-2)23(18-40-29)21-13-9-7-10-14-21)34-25(36)17-19(3)26-20(4)33-35(30(26)34)22-15-11-8-12-16-22/h7-18,24H,5-6H2,1-4H3,(H,32,37). The molecule has 5 rings (SSSR count). The van der Waals surface area contributed by atoms with Gasteiger partial charge in [0.25, 0.3) is 5.56 Å². The topological polar surface area (TPSA) is 95.2 Å². The lowest BCUT2D eigenvalue weighted by Crippen LogP contribution is -2.34. The molecule has 0 aliphatic rings. The van der Waals surface area contributed by atoms with Crippen LogP contribution >= 0.6 is 11.3 Å². The van der Waals surface area contributed by atoms with Crippen LogP contribution in [0.3, 0.4) is 0 Å². The molecule has 1 amide bonds. The Bertz CT molecular complexity index is 1750. The number of fused-ring (bicyclic) bond motifs is 1. The number of hydrogen-bond acceptors (Lipinski definition) is 6. The third-order valence-electron chi connectivity index (χ3n) is 6.83. The van der Waals surface area contributed by atoms with Crippen molar-refractivity contribution in [1.82, 2.24) is 14.3 Å². The fourth-order valence-electron chi connectivity index (χ4n) is 5.05. The molecule has 2 aromatic carbocycles. The van der Waals surface area contributed by atoms with E-state index in [0.717, 1.165) is 27.9 Å². The summed E-state index contributed by atoms with van der Waals surface area (Å²) in [6.45, 7) is 7.57. The molecule has 0 saturated heterocycles. The van der Waals surface area contributed by atoms with Crippen molar-refractivity contribution in [2.24, 2.45) is 0 Å². The van der Waals surface area contributed by atoms with E-state index in [4.69, 9.17) is 9.84 Å². The summed E-state index contributed by atoms with van der Waals surface area (Å²) in [7, 11) is 0. The minimum absolute atomic E-state index is 0.202. The van der Waals surface area contributed by atoms with Gasteiger partial charge in [-0.15, -0.1) is 11.3 Å². The molecule has 40 heavy (non-hydrogen) atoms. The number of carbonyl (C=O) groups is 2. The van der Waals surface area contributed by atoms with Crippen LogP contribution in [0.5, 0.6) is 0 Å². The zero-order valence-corrected chi connectivity index (χ0v) is 23.6. The maximum absolute atomic E-state index is 13.9. The number of thiophene rings is 1. The monoisotopic (exact) mass is 554 g/mol. The van der Waals surface area contributed by atoms with Crippen LogP contribution in [0, 0.1) is 13.8 Å². The highest BCUT2D eigenvalue weighted by atomic mass is 32.1. The van der Waals surface area contributed by atoms with E-state index in [1.807, 2.05) is 86.8 Å². The van der Waals surface area contributed by atoms with Gasteiger partial charge in [-0.25, -0.2) is 9.48 Å². The van der Waals surface area contributed by atoms with Crippen molar-refractivity contribution in [2.45, 2.75) is 40.2 Å². The Kier molecular flexibility index (Phi) is 7.66. The first-order chi connectivity index (χ1) is 19.3. The molecule has 0 radical (unpaired) electrons. The second-order valence-electron chi connectivity index (χ2n) is 9.42. The number of ether oxygens (including phenoxy) is 1. The van der Waals surface area contributed by atoms with E-state index in [1.165, 1.54) is 15.9 Å². The summed E-state index contributed by atoms with van der Waals surface area (Å²) in [5.41, 5.74) is 4.41. The van der Waals surface area contributed by atoms with E-state index in [2.05, 4.69) is 5.32 Å². The molecule has 204 valence electrons. The molecule has 3 aromatic heterocycles. The third kappa shape index (κ3) is 4.84. The second-order valence-corrected chi connectivity index (χ2v) is 10.3. The molecule has 0 aliphatic carbocycles. The minimum Gasteiger partial charge on any atom is -0.462 e. The van der Waals surface area contributed by atoms with Crippen molar-refractivity contribution >= 4 is 39.2 Å². The maximum Gasteiger partial charge on any atom is 0.341 e. The number of nitrogens with zero attached hydrogens (tertiary/aromatic N) is 3. The molecule has 8 nitrogen and oxygen atoms in total. The molecule has 0 bridgehead atoms. The summed E-state index contributed by atoms with van der Waals surface area (Å²) in [6, 6.07) is 19.7. The van der Waals surface area contributed by atoms with Crippen molar-refractivity contribution in [3.8, 4) is 16.8 Å². The predicted octanol–water partition coefficient (Wildman–Crippen LogP) is 6.30. The van der Waals surface area contributed by atoms with Crippen molar-refractivity contribution < 1.29 is 14.3 Å². The molecule has 0 aliphatic heterocycles. The number of amides is 1. The average Bonchev–Trinajstić information content (AvgIpc) is 3.53. The molecule has 0 spiro atoms. The molecule has 3 heterocycles. The molecular formula is C31H30N4O4S. The van der Waals surface area contributed by atoms with Crippen LogP contribution in [-0.4, -0.2) is 32.8 Å². The number of pyridine rings is 1. The van der Waals surface area contributed by atoms with Crippen molar-refractivity contribution in [3.63, 3.8) is 0 Å². The summed E-state index contributed by atoms with van der Waals surface area (Å²) in [6.07, 6.45) is 0.342. The normalized spacial score (nSPS) is 11.9. The first-order valence-corrected chi connectivity index (χ1v) is 14.0. The Labute approximate surface area is 235 Å². The lowest BCUT2D eigenvalue weighted by molar-refractivity contribution is -0.119. The molecule has 0 fully saturated rings. The maximum atomic E-state index is 13.9. The van der Waals surface area contributed by atoms with Gasteiger partial charge in [-0.05, 0) is 50.5 Å². The van der Waals surface area contributed by atoms with E-state index in [0.29, 0.717) is 28.2 Å². The number of para-hydroxylation sites is 1. The van der Waals surface area contributed by atoms with Gasteiger partial charge in [-0.3, -0.25) is 14.2 Å². The lowest BCUT2D eigenvalue weighted by Gasteiger charge is -2.21. The summed E-state index contributed by atoms with van der Waals surface area (Å²) in [4.78, 5) is 40.5. The molecule has 0 saturated carbocycles. The molecular weight excluding hydrogens is 524 g/mol. The number of carbonyl (C=O) groups excluding carboxylic acids is 2. The zero-order valence-electron chi connectivity index (χ0n) is 22.8. The average molecular weight is 555 g/mol. The number of aromatic nitrogens is 3. The van der Waals surface area contributed by atoms with Gasteiger partial charge in [0.05, 0.1) is 18.0 Å². The van der Waals surface area contributed by atoms with Crippen LogP contribution in [0.1, 0.15) is 47.9 Å². The van der Waals surface area contributed by atoms with Crippen molar-refractivity contribution in [3.05, 3.63) is 99.3 Å². The number of anilines is 1. The smallest absolute Gasteiger partial charge is 0.341 e. The first kappa shape index (κ1) is 27.1. The summed E-state index contributed by atoms with van der Waals surface area (Å²) < 4.78 is 8.58. The van der Waals surface area contributed by atoms with E-state index in [1.54, 1.807) is 17.7 Å². The van der Waals surface area contributed by atoms with E-state index >= 15 is 0 Å². The van der Waals surface area contributed by atoms with Crippen LogP contribution < -0.4 is 10.9 Å². The number of benzene rings is 2. The molecule has 1 atom stereocenters. The van der Waals surface area contributed by atoms with Gasteiger partial charge in [0.2, 0.25) is 5.91 Å². The number of hydrogen-bond donors (Lipinski definition) is 1. The molecule has 9 heteroatoms. The Morgan fingerprint density at radius 3 is 2.35 bits per heavy atom. The molecule has 1 unspecified atom stereocenters. The largest absolute Gasteiger partial charge is 0.462 e. The van der Waals surface area contributed by atoms with Crippen LogP contribution in [0.4, 0.5) is 5.00 Å². The van der Waals surface area contributed by atoms with Crippen LogP contribution in [0.2, 0.25) is 0 Å². The fraction of sp³-hybridized carbons (Fsp3) is 0.226. The van der Waals surface area contributed by atoms with Gasteiger partial charge in [-0.1, -0.05) is 55.5 Å². The highest BCUT2D eigenvalue weighted by Crippen LogP contribution is 2.37. The Morgan fingerprint density at radius 2 is 1.70 bits per heavy atom.